The van der Waals surface area contributed by atoms with Gasteiger partial charge in [0.05, 0.1) is 17.4 Å². The molecule has 0 aliphatic carbocycles. The highest BCUT2D eigenvalue weighted by Crippen LogP contribution is 2.30. The Morgan fingerprint density at radius 2 is 1.90 bits per heavy atom. The van der Waals surface area contributed by atoms with E-state index < -0.39 is 34.6 Å². The molecule has 0 saturated carbocycles. The highest BCUT2D eigenvalue weighted by molar-refractivity contribution is 5.78. The fourth-order valence-electron chi connectivity index (χ4n) is 2.80. The molecule has 13 heteroatoms. The van der Waals surface area contributed by atoms with E-state index in [2.05, 4.69) is 30.4 Å². The minimum Gasteiger partial charge on any atom is -0.376 e. The first kappa shape index (κ1) is 20.3. The molecular formula is C18H12F4N6O3. The third-order valence-corrected chi connectivity index (χ3v) is 4.30. The fourth-order valence-corrected chi connectivity index (χ4v) is 2.80. The van der Waals surface area contributed by atoms with Gasteiger partial charge in [-0.2, -0.15) is 23.3 Å². The van der Waals surface area contributed by atoms with Crippen LogP contribution in [0.3, 0.4) is 0 Å². The van der Waals surface area contributed by atoms with Gasteiger partial charge in [-0.15, -0.1) is 0 Å². The largest absolute Gasteiger partial charge is 0.471 e. The summed E-state index contributed by atoms with van der Waals surface area (Å²) >= 11 is 0. The first-order chi connectivity index (χ1) is 14.6. The molecule has 0 fully saturated rings. The van der Waals surface area contributed by atoms with Crippen molar-refractivity contribution in [3.63, 3.8) is 0 Å². The van der Waals surface area contributed by atoms with Crippen LogP contribution >= 0.6 is 0 Å². The summed E-state index contributed by atoms with van der Waals surface area (Å²) in [6.07, 6.45) is -1.76. The lowest BCUT2D eigenvalue weighted by Gasteiger charge is -2.14. The van der Waals surface area contributed by atoms with Crippen LogP contribution in [0.1, 0.15) is 11.5 Å². The van der Waals surface area contributed by atoms with E-state index in [0.29, 0.717) is 11.3 Å². The molecule has 0 radical (unpaired) electrons. The minimum atomic E-state index is -4.84. The molecule has 4 rings (SSSR count). The Kier molecular flexibility index (Phi) is 4.79. The quantitative estimate of drug-likeness (QED) is 0.350. The molecule has 0 aliphatic heterocycles. The second kappa shape index (κ2) is 7.34. The third-order valence-electron chi connectivity index (χ3n) is 4.30. The highest BCUT2D eigenvalue weighted by Gasteiger charge is 2.38. The number of alkyl halides is 3. The van der Waals surface area contributed by atoms with Crippen LogP contribution in [-0.2, 0) is 19.8 Å². The van der Waals surface area contributed by atoms with Crippen molar-refractivity contribution in [1.29, 1.82) is 0 Å². The van der Waals surface area contributed by atoms with Crippen molar-refractivity contribution in [3.8, 4) is 11.4 Å². The zero-order valence-corrected chi connectivity index (χ0v) is 15.6. The number of rotatable bonds is 6. The Morgan fingerprint density at radius 3 is 2.52 bits per heavy atom. The molecule has 0 amide bonds. The van der Waals surface area contributed by atoms with E-state index in [1.807, 2.05) is 0 Å². The fraction of sp³-hybridized carbons (Fsp3) is 0.167. The van der Waals surface area contributed by atoms with Gasteiger partial charge in [-0.3, -0.25) is 14.3 Å². The van der Waals surface area contributed by atoms with Gasteiger partial charge in [0, 0.05) is 19.8 Å². The highest BCUT2D eigenvalue weighted by atomic mass is 19.4. The summed E-state index contributed by atoms with van der Waals surface area (Å²) in [7, 11) is 1.68. The first-order valence-corrected chi connectivity index (χ1v) is 8.66. The summed E-state index contributed by atoms with van der Waals surface area (Å²) < 4.78 is 57.7. The van der Waals surface area contributed by atoms with E-state index in [9.17, 15) is 27.2 Å². The molecule has 2 N–H and O–H groups in total. The van der Waals surface area contributed by atoms with E-state index in [1.54, 1.807) is 13.2 Å². The van der Waals surface area contributed by atoms with Gasteiger partial charge in [0.2, 0.25) is 5.82 Å². The number of nitrogens with zero attached hydrogens (tertiary/aromatic N) is 4. The van der Waals surface area contributed by atoms with Crippen LogP contribution in [0.4, 0.5) is 34.6 Å². The normalized spacial score (nSPS) is 11.8. The summed E-state index contributed by atoms with van der Waals surface area (Å²) in [6, 6.07) is 3.65. The van der Waals surface area contributed by atoms with Crippen LogP contribution < -0.4 is 21.5 Å². The molecule has 0 spiro atoms. The van der Waals surface area contributed by atoms with Crippen LogP contribution in [-0.4, -0.2) is 19.9 Å². The van der Waals surface area contributed by atoms with Crippen molar-refractivity contribution in [2.45, 2.75) is 12.7 Å². The van der Waals surface area contributed by atoms with Crippen molar-refractivity contribution >= 4 is 17.1 Å². The van der Waals surface area contributed by atoms with Crippen molar-refractivity contribution in [2.24, 2.45) is 7.05 Å². The molecule has 160 valence electrons. The molecule has 0 saturated heterocycles. The predicted molar refractivity (Wildman–Crippen MR) is 99.9 cm³/mol. The Labute approximate surface area is 170 Å². The lowest BCUT2D eigenvalue weighted by Crippen LogP contribution is -2.36. The van der Waals surface area contributed by atoms with Crippen molar-refractivity contribution in [3.05, 3.63) is 68.3 Å². The van der Waals surface area contributed by atoms with Gasteiger partial charge in [-0.1, -0.05) is 11.2 Å². The summed E-state index contributed by atoms with van der Waals surface area (Å²) in [5.74, 6) is -3.01. The number of aryl methyl sites for hydroxylation is 1. The average Bonchev–Trinajstić information content (AvgIpc) is 3.36. The smallest absolute Gasteiger partial charge is 0.376 e. The zero-order valence-electron chi connectivity index (χ0n) is 15.6. The maximum absolute atomic E-state index is 14.4. The van der Waals surface area contributed by atoms with Gasteiger partial charge in [-0.05, 0) is 17.7 Å². The van der Waals surface area contributed by atoms with Crippen LogP contribution in [0.5, 0.6) is 0 Å². The van der Waals surface area contributed by atoms with E-state index >= 15 is 0 Å². The number of anilines is 3. The van der Waals surface area contributed by atoms with Crippen LogP contribution in [0.15, 0.2) is 44.7 Å². The van der Waals surface area contributed by atoms with Gasteiger partial charge >= 0.3 is 12.1 Å². The van der Waals surface area contributed by atoms with Gasteiger partial charge in [0.1, 0.15) is 17.2 Å². The SMILES string of the molecule is Cn1cc(Nc2c(NCc3ccc(-c4noc(C(F)(F)F)n4)c(F)c3)c(=O)c2=O)cn1. The number of hydrogen-bond acceptors (Lipinski definition) is 8. The average molecular weight is 436 g/mol. The number of halogens is 4. The van der Waals surface area contributed by atoms with Gasteiger partial charge < -0.3 is 15.2 Å². The standard InChI is InChI=1S/C18H12F4N6O3/c1-28-7-9(6-24-28)25-13-12(14(29)15(13)30)23-5-8-2-3-10(11(19)4-8)16-26-17(31-27-16)18(20,21)22/h2-4,6-7,23,25H,5H2,1H3. The number of benzene rings is 1. The first-order valence-electron chi connectivity index (χ1n) is 8.66. The Hall–Kier alpha value is -4.03. The van der Waals surface area contributed by atoms with E-state index in [4.69, 9.17) is 0 Å². The molecule has 4 aromatic rings. The minimum absolute atomic E-state index is 0.0240. The van der Waals surface area contributed by atoms with Crippen LogP contribution in [0.25, 0.3) is 11.4 Å². The molecule has 2 aromatic carbocycles. The maximum Gasteiger partial charge on any atom is 0.471 e. The summed E-state index contributed by atoms with van der Waals surface area (Å²) in [5.41, 5.74) is -0.753. The van der Waals surface area contributed by atoms with Crippen molar-refractivity contribution in [2.75, 3.05) is 10.6 Å². The maximum atomic E-state index is 14.4. The molecule has 31 heavy (non-hydrogen) atoms. The summed E-state index contributed by atoms with van der Waals surface area (Å²) in [6.45, 7) is -0.0240. The zero-order chi connectivity index (χ0) is 22.3. The lowest BCUT2D eigenvalue weighted by atomic mass is 10.1. The predicted octanol–water partition coefficient (Wildman–Crippen LogP) is 2.58. The molecule has 2 aromatic heterocycles. The molecule has 2 heterocycles. The van der Waals surface area contributed by atoms with Crippen molar-refractivity contribution < 1.29 is 22.1 Å². The van der Waals surface area contributed by atoms with E-state index in [-0.39, 0.29) is 23.5 Å². The van der Waals surface area contributed by atoms with Gasteiger partial charge in [0.15, 0.2) is 0 Å². The molecule has 0 unspecified atom stereocenters. The molecule has 0 aliphatic rings. The number of nitrogens with one attached hydrogen (secondary N) is 2. The monoisotopic (exact) mass is 436 g/mol. The third kappa shape index (κ3) is 3.89. The molecule has 0 atom stereocenters. The number of aromatic nitrogens is 4. The van der Waals surface area contributed by atoms with Gasteiger partial charge in [0.25, 0.3) is 10.9 Å². The van der Waals surface area contributed by atoms with E-state index in [0.717, 1.165) is 6.07 Å². The number of hydrogen-bond donors (Lipinski definition) is 2. The summed E-state index contributed by atoms with van der Waals surface area (Å²) in [5, 5.41) is 12.6. The lowest BCUT2D eigenvalue weighted by molar-refractivity contribution is -0.159. The second-order valence-electron chi connectivity index (χ2n) is 6.52. The van der Waals surface area contributed by atoms with E-state index in [1.165, 1.54) is 23.0 Å². The molecular weight excluding hydrogens is 424 g/mol. The Balaban J connectivity index is 1.49. The van der Waals surface area contributed by atoms with Crippen LogP contribution in [0, 0.1) is 5.82 Å². The summed E-state index contributed by atoms with van der Waals surface area (Å²) in [4.78, 5) is 26.8. The van der Waals surface area contributed by atoms with Crippen LogP contribution in [0.2, 0.25) is 0 Å². The molecule has 0 bridgehead atoms. The second-order valence-corrected chi connectivity index (χ2v) is 6.52. The van der Waals surface area contributed by atoms with Crippen molar-refractivity contribution in [1.82, 2.24) is 19.9 Å². The Morgan fingerprint density at radius 1 is 1.16 bits per heavy atom. The van der Waals surface area contributed by atoms with Gasteiger partial charge in [-0.25, -0.2) is 4.39 Å². The topological polar surface area (TPSA) is 115 Å². The Bertz CT molecular complexity index is 1330. The molecule has 9 nitrogen and oxygen atoms in total.